The summed E-state index contributed by atoms with van der Waals surface area (Å²) in [5.41, 5.74) is 8.73. The predicted octanol–water partition coefficient (Wildman–Crippen LogP) is 3.47. The molecular formula is C13H18N2OS. The van der Waals surface area contributed by atoms with E-state index in [1.54, 1.807) is 19.0 Å². The van der Waals surface area contributed by atoms with Crippen molar-refractivity contribution in [2.75, 3.05) is 19.8 Å². The molecule has 0 saturated carbocycles. The molecule has 1 amide bonds. The minimum absolute atomic E-state index is 0.0219. The van der Waals surface area contributed by atoms with Crippen LogP contribution in [0.15, 0.2) is 28.7 Å². The SMILES string of the molecule is CC(C)=Cc1cccc(N)c1SC(=O)N(C)C. The number of nitrogens with zero attached hydrogens (tertiary/aromatic N) is 1. The van der Waals surface area contributed by atoms with Crippen molar-refractivity contribution < 1.29 is 4.79 Å². The molecule has 1 rings (SSSR count). The van der Waals surface area contributed by atoms with Crippen molar-refractivity contribution in [3.8, 4) is 0 Å². The Balaban J connectivity index is 3.12. The summed E-state index contributed by atoms with van der Waals surface area (Å²) in [6.07, 6.45) is 2.03. The van der Waals surface area contributed by atoms with Gasteiger partial charge in [-0.05, 0) is 37.2 Å². The van der Waals surface area contributed by atoms with Crippen molar-refractivity contribution in [3.63, 3.8) is 0 Å². The van der Waals surface area contributed by atoms with Gasteiger partial charge in [-0.15, -0.1) is 0 Å². The topological polar surface area (TPSA) is 46.3 Å². The fraction of sp³-hybridized carbons (Fsp3) is 0.308. The maximum Gasteiger partial charge on any atom is 0.286 e. The summed E-state index contributed by atoms with van der Waals surface area (Å²) in [5, 5.41) is -0.0219. The molecule has 17 heavy (non-hydrogen) atoms. The molecular weight excluding hydrogens is 232 g/mol. The van der Waals surface area contributed by atoms with Crippen LogP contribution in [0, 0.1) is 0 Å². The van der Waals surface area contributed by atoms with Gasteiger partial charge in [0.1, 0.15) is 0 Å². The number of nitrogen functional groups attached to an aromatic ring is 1. The number of hydrogen-bond donors (Lipinski definition) is 1. The van der Waals surface area contributed by atoms with Crippen LogP contribution in [0.1, 0.15) is 19.4 Å². The third kappa shape index (κ3) is 3.82. The fourth-order valence-electron chi connectivity index (χ4n) is 1.29. The highest BCUT2D eigenvalue weighted by Crippen LogP contribution is 2.31. The van der Waals surface area contributed by atoms with E-state index < -0.39 is 0 Å². The molecule has 0 spiro atoms. The molecule has 0 radical (unpaired) electrons. The zero-order chi connectivity index (χ0) is 13.0. The molecule has 0 aliphatic heterocycles. The summed E-state index contributed by atoms with van der Waals surface area (Å²) in [5.74, 6) is 0. The first-order valence-electron chi connectivity index (χ1n) is 5.34. The molecule has 1 aromatic rings. The van der Waals surface area contributed by atoms with E-state index in [-0.39, 0.29) is 5.24 Å². The van der Waals surface area contributed by atoms with Crippen LogP contribution >= 0.6 is 11.8 Å². The van der Waals surface area contributed by atoms with Crippen LogP contribution in [-0.2, 0) is 0 Å². The fourth-order valence-corrected chi connectivity index (χ4v) is 2.08. The second-order valence-corrected chi connectivity index (χ2v) is 5.21. The maximum absolute atomic E-state index is 11.7. The van der Waals surface area contributed by atoms with E-state index in [0.717, 1.165) is 22.2 Å². The third-order valence-corrected chi connectivity index (χ3v) is 3.29. The Labute approximate surface area is 107 Å². The molecule has 3 nitrogen and oxygen atoms in total. The van der Waals surface area contributed by atoms with Gasteiger partial charge in [0.2, 0.25) is 0 Å². The number of nitrogens with two attached hydrogens (primary N) is 1. The Bertz CT molecular complexity index is 449. The van der Waals surface area contributed by atoms with E-state index in [2.05, 4.69) is 0 Å². The van der Waals surface area contributed by atoms with Crippen molar-refractivity contribution in [1.29, 1.82) is 0 Å². The first kappa shape index (κ1) is 13.6. The molecule has 2 N–H and O–H groups in total. The van der Waals surface area contributed by atoms with E-state index in [1.165, 1.54) is 5.57 Å². The Hall–Kier alpha value is -1.42. The largest absolute Gasteiger partial charge is 0.398 e. The second-order valence-electron chi connectivity index (χ2n) is 4.25. The van der Waals surface area contributed by atoms with Crippen LogP contribution in [0.4, 0.5) is 10.5 Å². The summed E-state index contributed by atoms with van der Waals surface area (Å²) >= 11 is 1.16. The van der Waals surface area contributed by atoms with Crippen LogP contribution in [0.5, 0.6) is 0 Å². The highest BCUT2D eigenvalue weighted by Gasteiger charge is 2.12. The van der Waals surface area contributed by atoms with E-state index in [0.29, 0.717) is 5.69 Å². The average Bonchev–Trinajstić information content (AvgIpc) is 2.22. The molecule has 0 aromatic heterocycles. The minimum atomic E-state index is -0.0219. The molecule has 0 atom stereocenters. The highest BCUT2D eigenvalue weighted by molar-refractivity contribution is 8.13. The Morgan fingerprint density at radius 2 is 2.00 bits per heavy atom. The van der Waals surface area contributed by atoms with Crippen LogP contribution in [0.25, 0.3) is 6.08 Å². The lowest BCUT2D eigenvalue weighted by atomic mass is 10.1. The zero-order valence-electron chi connectivity index (χ0n) is 10.7. The lowest BCUT2D eigenvalue weighted by Crippen LogP contribution is -2.16. The van der Waals surface area contributed by atoms with Gasteiger partial charge in [0, 0.05) is 24.7 Å². The van der Waals surface area contributed by atoms with Crippen molar-refractivity contribution in [3.05, 3.63) is 29.3 Å². The van der Waals surface area contributed by atoms with Gasteiger partial charge in [-0.2, -0.15) is 0 Å². The average molecular weight is 250 g/mol. The molecule has 0 bridgehead atoms. The lowest BCUT2D eigenvalue weighted by molar-refractivity contribution is 0.241. The normalized spacial score (nSPS) is 9.88. The first-order valence-corrected chi connectivity index (χ1v) is 6.16. The zero-order valence-corrected chi connectivity index (χ0v) is 11.5. The molecule has 0 heterocycles. The summed E-state index contributed by atoms with van der Waals surface area (Å²) in [7, 11) is 3.46. The maximum atomic E-state index is 11.7. The van der Waals surface area contributed by atoms with Crippen LogP contribution in [0.2, 0.25) is 0 Å². The predicted molar refractivity (Wildman–Crippen MR) is 75.1 cm³/mol. The third-order valence-electron chi connectivity index (χ3n) is 2.07. The van der Waals surface area contributed by atoms with Gasteiger partial charge < -0.3 is 10.6 Å². The first-order chi connectivity index (χ1) is 7.91. The van der Waals surface area contributed by atoms with E-state index in [4.69, 9.17) is 5.73 Å². The van der Waals surface area contributed by atoms with Crippen molar-refractivity contribution in [2.45, 2.75) is 18.7 Å². The molecule has 0 aliphatic rings. The Kier molecular flexibility index (Phi) is 4.63. The molecule has 92 valence electrons. The number of benzene rings is 1. The number of allylic oxidation sites excluding steroid dienone is 1. The van der Waals surface area contributed by atoms with Crippen LogP contribution in [0.3, 0.4) is 0 Å². The van der Waals surface area contributed by atoms with Crippen molar-refractivity contribution in [2.24, 2.45) is 0 Å². The quantitative estimate of drug-likeness (QED) is 0.646. The van der Waals surface area contributed by atoms with Gasteiger partial charge in [0.25, 0.3) is 5.24 Å². The van der Waals surface area contributed by atoms with Gasteiger partial charge in [-0.1, -0.05) is 23.8 Å². The summed E-state index contributed by atoms with van der Waals surface area (Å²) < 4.78 is 0. The van der Waals surface area contributed by atoms with Gasteiger partial charge in [-0.3, -0.25) is 4.79 Å². The van der Waals surface area contributed by atoms with Gasteiger partial charge in [0.05, 0.1) is 0 Å². The van der Waals surface area contributed by atoms with Gasteiger partial charge in [-0.25, -0.2) is 0 Å². The van der Waals surface area contributed by atoms with Crippen LogP contribution < -0.4 is 5.73 Å². The molecule has 4 heteroatoms. The van der Waals surface area contributed by atoms with Crippen LogP contribution in [-0.4, -0.2) is 24.2 Å². The molecule has 0 unspecified atom stereocenters. The van der Waals surface area contributed by atoms with Gasteiger partial charge in [0.15, 0.2) is 0 Å². The summed E-state index contributed by atoms with van der Waals surface area (Å²) in [6.45, 7) is 4.04. The Morgan fingerprint density at radius 3 is 2.53 bits per heavy atom. The number of carbonyl (C=O) groups excluding carboxylic acids is 1. The summed E-state index contributed by atoms with van der Waals surface area (Å²) in [6, 6.07) is 5.68. The number of carbonyl (C=O) groups is 1. The van der Waals surface area contributed by atoms with E-state index in [1.807, 2.05) is 38.1 Å². The van der Waals surface area contributed by atoms with Crippen molar-refractivity contribution in [1.82, 2.24) is 4.90 Å². The summed E-state index contributed by atoms with van der Waals surface area (Å²) in [4.78, 5) is 14.1. The number of hydrogen-bond acceptors (Lipinski definition) is 3. The minimum Gasteiger partial charge on any atom is -0.398 e. The highest BCUT2D eigenvalue weighted by atomic mass is 32.2. The number of amides is 1. The molecule has 0 saturated heterocycles. The molecule has 0 fully saturated rings. The number of anilines is 1. The monoisotopic (exact) mass is 250 g/mol. The number of rotatable bonds is 2. The van der Waals surface area contributed by atoms with E-state index in [9.17, 15) is 4.79 Å². The second kappa shape index (κ2) is 5.77. The van der Waals surface area contributed by atoms with Crippen molar-refractivity contribution >= 4 is 28.8 Å². The molecule has 0 aliphatic carbocycles. The van der Waals surface area contributed by atoms with Gasteiger partial charge >= 0.3 is 0 Å². The van der Waals surface area contributed by atoms with E-state index >= 15 is 0 Å². The molecule has 1 aromatic carbocycles. The smallest absolute Gasteiger partial charge is 0.286 e. The number of thioether (sulfide) groups is 1. The Morgan fingerprint density at radius 1 is 1.35 bits per heavy atom. The lowest BCUT2D eigenvalue weighted by Gasteiger charge is -2.12. The standard InChI is InChI=1S/C13H18N2OS/c1-9(2)8-10-6-5-7-11(14)12(10)17-13(16)15(3)4/h5-8H,14H2,1-4H3.